The summed E-state index contributed by atoms with van der Waals surface area (Å²) in [6.07, 6.45) is 0.354. The average Bonchev–Trinajstić information content (AvgIpc) is 2.40. The summed E-state index contributed by atoms with van der Waals surface area (Å²) in [7, 11) is 0. The fourth-order valence-electron chi connectivity index (χ4n) is 1.69. The number of anilines is 2. The third kappa shape index (κ3) is 2.83. The van der Waals surface area contributed by atoms with Gasteiger partial charge in [-0.3, -0.25) is 0 Å². The molecule has 0 saturated carbocycles. The summed E-state index contributed by atoms with van der Waals surface area (Å²) in [5, 5.41) is 8.69. The van der Waals surface area contributed by atoms with Crippen molar-refractivity contribution in [2.75, 3.05) is 11.4 Å². The van der Waals surface area contributed by atoms with E-state index in [1.165, 1.54) is 6.07 Å². The number of hydrogen-bond acceptors (Lipinski definition) is 3. The topological polar surface area (TPSA) is 39.9 Å². The maximum absolute atomic E-state index is 13.2. The van der Waals surface area contributed by atoms with Crippen molar-refractivity contribution in [1.29, 1.82) is 5.26 Å². The number of pyridine rings is 1. The Kier molecular flexibility index (Phi) is 3.87. The molecule has 0 amide bonds. The van der Waals surface area contributed by atoms with Crippen molar-refractivity contribution in [2.45, 2.75) is 6.42 Å². The molecule has 0 bridgehead atoms. The largest absolute Gasteiger partial charge is 0.325 e. The highest BCUT2D eigenvalue weighted by Crippen LogP contribution is 2.23. The van der Waals surface area contributed by atoms with E-state index in [4.69, 9.17) is 5.26 Å². The second kappa shape index (κ2) is 5.78. The summed E-state index contributed by atoms with van der Waals surface area (Å²) >= 11 is 0. The monoisotopic (exact) mass is 241 g/mol. The lowest BCUT2D eigenvalue weighted by Gasteiger charge is -2.22. The van der Waals surface area contributed by atoms with E-state index < -0.39 is 5.95 Å². The van der Waals surface area contributed by atoms with Crippen LogP contribution in [0.25, 0.3) is 0 Å². The average molecular weight is 241 g/mol. The van der Waals surface area contributed by atoms with E-state index in [1.807, 2.05) is 35.2 Å². The lowest BCUT2D eigenvalue weighted by atomic mass is 10.2. The van der Waals surface area contributed by atoms with Crippen LogP contribution in [-0.4, -0.2) is 11.5 Å². The van der Waals surface area contributed by atoms with Crippen LogP contribution in [0.5, 0.6) is 0 Å². The molecule has 0 N–H and O–H groups in total. The Balaban J connectivity index is 2.34. The van der Waals surface area contributed by atoms with E-state index in [9.17, 15) is 4.39 Å². The number of hydrogen-bond donors (Lipinski definition) is 0. The van der Waals surface area contributed by atoms with Gasteiger partial charge in [0.2, 0.25) is 5.95 Å². The number of nitriles is 1. The van der Waals surface area contributed by atoms with Gasteiger partial charge in [0.1, 0.15) is 5.82 Å². The normalized spacial score (nSPS) is 9.78. The fourth-order valence-corrected chi connectivity index (χ4v) is 1.69. The third-order valence-electron chi connectivity index (χ3n) is 2.49. The van der Waals surface area contributed by atoms with Crippen LogP contribution in [0.3, 0.4) is 0 Å². The second-order valence-electron chi connectivity index (χ2n) is 3.71. The Hall–Kier alpha value is -2.41. The summed E-state index contributed by atoms with van der Waals surface area (Å²) in [6.45, 7) is 0.483. The molecule has 90 valence electrons. The van der Waals surface area contributed by atoms with E-state index in [-0.39, 0.29) is 0 Å². The van der Waals surface area contributed by atoms with Crippen LogP contribution < -0.4 is 4.90 Å². The molecular formula is C14H12FN3. The molecule has 1 aromatic heterocycles. The number of rotatable bonds is 4. The number of nitrogens with zero attached hydrogens (tertiary/aromatic N) is 3. The van der Waals surface area contributed by atoms with Crippen molar-refractivity contribution < 1.29 is 4.39 Å². The van der Waals surface area contributed by atoms with Crippen LogP contribution in [0.4, 0.5) is 15.9 Å². The van der Waals surface area contributed by atoms with E-state index in [1.54, 1.807) is 12.1 Å². The zero-order chi connectivity index (χ0) is 12.8. The molecule has 2 aromatic rings. The van der Waals surface area contributed by atoms with Gasteiger partial charge in [-0.15, -0.1) is 0 Å². The summed E-state index contributed by atoms with van der Waals surface area (Å²) in [6, 6.07) is 16.2. The molecule has 0 spiro atoms. The Labute approximate surface area is 105 Å². The van der Waals surface area contributed by atoms with Gasteiger partial charge in [-0.2, -0.15) is 9.65 Å². The minimum Gasteiger partial charge on any atom is -0.325 e. The zero-order valence-corrected chi connectivity index (χ0v) is 9.75. The molecule has 18 heavy (non-hydrogen) atoms. The summed E-state index contributed by atoms with van der Waals surface area (Å²) < 4.78 is 13.2. The molecule has 0 saturated heterocycles. The highest BCUT2D eigenvalue weighted by molar-refractivity contribution is 5.59. The number of benzene rings is 1. The van der Waals surface area contributed by atoms with Gasteiger partial charge in [-0.25, -0.2) is 4.98 Å². The molecule has 2 rings (SSSR count). The van der Waals surface area contributed by atoms with E-state index >= 15 is 0 Å². The molecule has 0 fully saturated rings. The van der Waals surface area contributed by atoms with Crippen molar-refractivity contribution in [3.63, 3.8) is 0 Å². The first-order valence-electron chi connectivity index (χ1n) is 5.63. The SMILES string of the molecule is N#CCCN(c1ccccc1)c1cccc(F)n1. The molecule has 4 heteroatoms. The van der Waals surface area contributed by atoms with Crippen LogP contribution in [0.15, 0.2) is 48.5 Å². The number of halogens is 1. The number of aromatic nitrogens is 1. The second-order valence-corrected chi connectivity index (χ2v) is 3.71. The van der Waals surface area contributed by atoms with Crippen molar-refractivity contribution in [1.82, 2.24) is 4.98 Å². The van der Waals surface area contributed by atoms with Crippen LogP contribution >= 0.6 is 0 Å². The van der Waals surface area contributed by atoms with E-state index in [0.717, 1.165) is 5.69 Å². The highest BCUT2D eigenvalue weighted by atomic mass is 19.1. The minimum absolute atomic E-state index is 0.354. The van der Waals surface area contributed by atoms with Crippen LogP contribution in [0, 0.1) is 17.3 Å². The molecule has 0 radical (unpaired) electrons. The number of para-hydroxylation sites is 1. The van der Waals surface area contributed by atoms with E-state index in [0.29, 0.717) is 18.8 Å². The molecule has 0 atom stereocenters. The lowest BCUT2D eigenvalue weighted by molar-refractivity contribution is 0.583. The van der Waals surface area contributed by atoms with Crippen LogP contribution in [0.1, 0.15) is 6.42 Å². The van der Waals surface area contributed by atoms with Gasteiger partial charge in [0.05, 0.1) is 12.5 Å². The Bertz CT molecular complexity index is 548. The Morgan fingerprint density at radius 3 is 2.56 bits per heavy atom. The van der Waals surface area contributed by atoms with Gasteiger partial charge in [-0.1, -0.05) is 24.3 Å². The zero-order valence-electron chi connectivity index (χ0n) is 9.75. The Morgan fingerprint density at radius 2 is 1.89 bits per heavy atom. The van der Waals surface area contributed by atoms with Crippen LogP contribution in [-0.2, 0) is 0 Å². The molecule has 3 nitrogen and oxygen atoms in total. The van der Waals surface area contributed by atoms with Crippen molar-refractivity contribution >= 4 is 11.5 Å². The van der Waals surface area contributed by atoms with Gasteiger partial charge in [0, 0.05) is 12.2 Å². The summed E-state index contributed by atoms with van der Waals surface area (Å²) in [4.78, 5) is 5.68. The molecule has 0 aliphatic rings. The quantitative estimate of drug-likeness (QED) is 0.771. The van der Waals surface area contributed by atoms with Crippen molar-refractivity contribution in [3.8, 4) is 6.07 Å². The first kappa shape index (κ1) is 12.1. The molecule has 1 heterocycles. The summed E-state index contributed by atoms with van der Waals surface area (Å²) in [5.74, 6) is -0.0122. The van der Waals surface area contributed by atoms with Gasteiger partial charge < -0.3 is 4.90 Å². The maximum Gasteiger partial charge on any atom is 0.214 e. The highest BCUT2D eigenvalue weighted by Gasteiger charge is 2.10. The van der Waals surface area contributed by atoms with Crippen molar-refractivity contribution in [3.05, 3.63) is 54.5 Å². The first-order valence-corrected chi connectivity index (χ1v) is 5.63. The summed E-state index contributed by atoms with van der Waals surface area (Å²) in [5.41, 5.74) is 0.894. The molecule has 1 aromatic carbocycles. The van der Waals surface area contributed by atoms with Gasteiger partial charge >= 0.3 is 0 Å². The lowest BCUT2D eigenvalue weighted by Crippen LogP contribution is -2.19. The van der Waals surface area contributed by atoms with Gasteiger partial charge in [0.15, 0.2) is 0 Å². The minimum atomic E-state index is -0.523. The molecule has 0 aliphatic heterocycles. The van der Waals surface area contributed by atoms with Crippen molar-refractivity contribution in [2.24, 2.45) is 0 Å². The predicted octanol–water partition coefficient (Wildman–Crippen LogP) is 3.27. The standard InChI is InChI=1S/C14H12FN3/c15-13-8-4-9-14(17-13)18(11-5-10-16)12-6-2-1-3-7-12/h1-4,6-9H,5,11H2. The smallest absolute Gasteiger partial charge is 0.214 e. The maximum atomic E-state index is 13.2. The molecule has 0 aliphatic carbocycles. The van der Waals surface area contributed by atoms with Gasteiger partial charge in [-0.05, 0) is 24.3 Å². The van der Waals surface area contributed by atoms with Gasteiger partial charge in [0.25, 0.3) is 0 Å². The predicted molar refractivity (Wildman–Crippen MR) is 67.9 cm³/mol. The van der Waals surface area contributed by atoms with E-state index in [2.05, 4.69) is 11.1 Å². The molecule has 0 unspecified atom stereocenters. The Morgan fingerprint density at radius 1 is 1.11 bits per heavy atom. The van der Waals surface area contributed by atoms with Crippen LogP contribution in [0.2, 0.25) is 0 Å². The molecular weight excluding hydrogens is 229 g/mol. The fraction of sp³-hybridized carbons (Fsp3) is 0.143. The first-order chi connectivity index (χ1) is 8.81. The third-order valence-corrected chi connectivity index (χ3v) is 2.49.